The fourth-order valence-corrected chi connectivity index (χ4v) is 4.40. The van der Waals surface area contributed by atoms with Crippen molar-refractivity contribution < 1.29 is 4.79 Å². The molecule has 1 N–H and O–H groups in total. The van der Waals surface area contributed by atoms with Gasteiger partial charge in [-0.1, -0.05) is 53.5 Å². The average Bonchev–Trinajstić information content (AvgIpc) is 2.71. The second-order valence-corrected chi connectivity index (χ2v) is 8.56. The fraction of sp³-hybridized carbons (Fsp3) is 0.300. The first kappa shape index (κ1) is 19.1. The maximum Gasteiger partial charge on any atom is 0.276 e. The largest absolute Gasteiger partial charge is 0.298 e. The summed E-state index contributed by atoms with van der Waals surface area (Å²) < 4.78 is 0.894. The van der Waals surface area contributed by atoms with Crippen LogP contribution in [0.25, 0.3) is 5.70 Å². The van der Waals surface area contributed by atoms with Gasteiger partial charge in [0.15, 0.2) is 11.3 Å². The number of benzene rings is 1. The first-order chi connectivity index (χ1) is 13.7. The minimum Gasteiger partial charge on any atom is -0.298 e. The molecule has 0 spiro atoms. The second kappa shape index (κ2) is 8.45. The van der Waals surface area contributed by atoms with Gasteiger partial charge in [-0.15, -0.1) is 5.10 Å². The molecule has 144 valence electrons. The zero-order valence-corrected chi connectivity index (χ0v) is 17.8. The van der Waals surface area contributed by atoms with Gasteiger partial charge in [0.25, 0.3) is 5.91 Å². The molecule has 0 aliphatic carbocycles. The van der Waals surface area contributed by atoms with Crippen molar-refractivity contribution in [3.8, 4) is 0 Å². The summed E-state index contributed by atoms with van der Waals surface area (Å²) in [5.74, 6) is 0.767. The van der Waals surface area contributed by atoms with Crippen molar-refractivity contribution in [1.29, 1.82) is 0 Å². The minimum atomic E-state index is -0.422. The summed E-state index contributed by atoms with van der Waals surface area (Å²) >= 11 is 5.07. The Morgan fingerprint density at radius 3 is 2.96 bits per heavy atom. The number of thioether (sulfide) groups is 1. The number of unbranched alkanes of at least 4 members (excludes halogenated alkanes) is 2. The number of hydrazone groups is 1. The van der Waals surface area contributed by atoms with E-state index < -0.39 is 6.17 Å². The number of rotatable bonds is 5. The van der Waals surface area contributed by atoms with Crippen LogP contribution in [0.5, 0.6) is 0 Å². The van der Waals surface area contributed by atoms with Gasteiger partial charge in [-0.25, -0.2) is 5.01 Å². The molecular weight excluding hydrogens is 438 g/mol. The fourth-order valence-electron chi connectivity index (χ4n) is 3.18. The Morgan fingerprint density at radius 2 is 2.18 bits per heavy atom. The van der Waals surface area contributed by atoms with Crippen LogP contribution in [0.3, 0.4) is 0 Å². The highest BCUT2D eigenvalue weighted by Gasteiger charge is 2.34. The third-order valence-corrected chi connectivity index (χ3v) is 5.98. The number of hydrogen-bond donors (Lipinski definition) is 1. The summed E-state index contributed by atoms with van der Waals surface area (Å²) in [6.07, 6.45) is 6.50. The van der Waals surface area contributed by atoms with Gasteiger partial charge in [-0.05, 0) is 30.7 Å². The number of nitrogens with zero attached hydrogens (tertiary/aromatic N) is 4. The van der Waals surface area contributed by atoms with Crippen LogP contribution in [-0.4, -0.2) is 26.8 Å². The number of hydrogen-bond acceptors (Lipinski definition) is 6. The number of nitrogens with one attached hydrogen (secondary N) is 1. The van der Waals surface area contributed by atoms with E-state index in [2.05, 4.69) is 33.2 Å². The quantitative estimate of drug-likeness (QED) is 0.700. The van der Waals surface area contributed by atoms with Crippen molar-refractivity contribution in [1.82, 2.24) is 15.3 Å². The molecule has 2 aliphatic heterocycles. The number of pyridine rings is 1. The van der Waals surface area contributed by atoms with Gasteiger partial charge in [0.2, 0.25) is 0 Å². The van der Waals surface area contributed by atoms with Crippen LogP contribution >= 0.6 is 27.7 Å². The van der Waals surface area contributed by atoms with Crippen LogP contribution < -0.4 is 15.9 Å². The van der Waals surface area contributed by atoms with Crippen LogP contribution in [0.15, 0.2) is 57.3 Å². The third-order valence-electron chi connectivity index (χ3n) is 4.54. The summed E-state index contributed by atoms with van der Waals surface area (Å²) in [6.45, 7) is 2.18. The van der Waals surface area contributed by atoms with Crippen molar-refractivity contribution in [2.75, 3.05) is 5.75 Å². The predicted molar refractivity (Wildman–Crippen MR) is 115 cm³/mol. The maximum absolute atomic E-state index is 13.0. The van der Waals surface area contributed by atoms with E-state index in [4.69, 9.17) is 10.1 Å². The molecule has 2 aliphatic rings. The van der Waals surface area contributed by atoms with Gasteiger partial charge in [-0.3, -0.25) is 20.1 Å². The van der Waals surface area contributed by atoms with Crippen molar-refractivity contribution in [2.24, 2.45) is 10.1 Å². The molecule has 28 heavy (non-hydrogen) atoms. The highest BCUT2D eigenvalue weighted by atomic mass is 79.9. The number of amidine groups is 1. The van der Waals surface area contributed by atoms with Gasteiger partial charge in [0, 0.05) is 33.4 Å². The van der Waals surface area contributed by atoms with Crippen LogP contribution in [-0.2, 0) is 4.79 Å². The molecule has 0 bridgehead atoms. The molecule has 1 aromatic carbocycles. The standard InChI is InChI=1S/C20H20BrN5OS/c1-2-3-4-10-28-20-24-19(27)17-15-11-14(21)7-8-16(15)23-18(26(17)25-20)13-6-5-9-22-12-13/h5-9,11-12,18H,2-4,10H2,1H3,(H,24,25,27)/t18-/m0/s1. The normalized spacial score (nSPS) is 18.0. The average molecular weight is 458 g/mol. The number of carbonyl (C=O) groups is 1. The lowest BCUT2D eigenvalue weighted by molar-refractivity contribution is -0.116. The van der Waals surface area contributed by atoms with Gasteiger partial charge < -0.3 is 0 Å². The van der Waals surface area contributed by atoms with Crippen molar-refractivity contribution in [3.05, 3.63) is 63.3 Å². The summed E-state index contributed by atoms with van der Waals surface area (Å²) in [7, 11) is 0. The number of carbonyl (C=O) groups excluding carboxylic acids is 1. The van der Waals surface area contributed by atoms with Crippen molar-refractivity contribution in [3.63, 3.8) is 0 Å². The zero-order valence-electron chi connectivity index (χ0n) is 15.4. The molecule has 6 nitrogen and oxygen atoms in total. The number of amides is 1. The molecule has 1 amide bonds. The Morgan fingerprint density at radius 1 is 1.29 bits per heavy atom. The molecule has 1 atom stereocenters. The molecule has 0 unspecified atom stereocenters. The Bertz CT molecular complexity index is 1040. The maximum atomic E-state index is 13.0. The van der Waals surface area contributed by atoms with Gasteiger partial charge in [0.1, 0.15) is 5.70 Å². The van der Waals surface area contributed by atoms with Crippen LogP contribution in [0.4, 0.5) is 0 Å². The van der Waals surface area contributed by atoms with Gasteiger partial charge in [-0.2, -0.15) is 0 Å². The number of halogens is 1. The first-order valence-corrected chi connectivity index (χ1v) is 11.0. The van der Waals surface area contributed by atoms with E-state index in [0.29, 0.717) is 10.9 Å². The van der Waals surface area contributed by atoms with E-state index >= 15 is 0 Å². The molecule has 0 saturated carbocycles. The van der Waals surface area contributed by atoms with Gasteiger partial charge >= 0.3 is 0 Å². The van der Waals surface area contributed by atoms with Crippen LogP contribution in [0, 0.1) is 0 Å². The summed E-state index contributed by atoms with van der Waals surface area (Å²) in [5.41, 5.74) is 1.40. The Labute approximate surface area is 176 Å². The number of fused-ring (bicyclic) bond motifs is 2. The topological polar surface area (TPSA) is 70.0 Å². The lowest BCUT2D eigenvalue weighted by Gasteiger charge is -2.34. The summed E-state index contributed by atoms with van der Waals surface area (Å²) in [5, 5.41) is 11.6. The van der Waals surface area contributed by atoms with E-state index in [1.807, 2.05) is 30.3 Å². The zero-order chi connectivity index (χ0) is 19.5. The molecule has 8 heteroatoms. The van der Waals surface area contributed by atoms with E-state index in [9.17, 15) is 4.79 Å². The highest BCUT2D eigenvalue weighted by molar-refractivity contribution is 9.10. The smallest absolute Gasteiger partial charge is 0.276 e. The Balaban J connectivity index is 1.79. The van der Waals surface area contributed by atoms with Crippen molar-refractivity contribution in [2.45, 2.75) is 32.4 Å². The van der Waals surface area contributed by atoms with E-state index in [1.54, 1.807) is 29.2 Å². The molecule has 3 heterocycles. The van der Waals surface area contributed by atoms with E-state index in [1.165, 1.54) is 6.42 Å². The van der Waals surface area contributed by atoms with E-state index in [-0.39, 0.29) is 5.91 Å². The monoisotopic (exact) mass is 457 g/mol. The lowest BCUT2D eigenvalue weighted by atomic mass is 10.1. The number of aromatic nitrogens is 1. The lowest BCUT2D eigenvalue weighted by Crippen LogP contribution is -2.50. The summed E-state index contributed by atoms with van der Waals surface area (Å²) in [4.78, 5) is 22.1. The molecular formula is C20H20BrN5OS. The molecule has 0 saturated heterocycles. The third kappa shape index (κ3) is 3.84. The second-order valence-electron chi connectivity index (χ2n) is 6.56. The minimum absolute atomic E-state index is 0.156. The van der Waals surface area contributed by atoms with Gasteiger partial charge in [0.05, 0.1) is 5.36 Å². The summed E-state index contributed by atoms with van der Waals surface area (Å²) in [6, 6.07) is 9.58. The first-order valence-electron chi connectivity index (χ1n) is 9.27. The molecule has 4 rings (SSSR count). The molecule has 1 aromatic heterocycles. The SMILES string of the molecule is CCCCCSC1=NN2C(=c3cc(Br)ccc3=N[C@@H]2c2cccnc2)C(=O)N1. The van der Waals surface area contributed by atoms with E-state index in [0.717, 1.165) is 39.2 Å². The van der Waals surface area contributed by atoms with Crippen molar-refractivity contribution >= 4 is 44.5 Å². The predicted octanol–water partition coefficient (Wildman–Crippen LogP) is 2.91. The van der Waals surface area contributed by atoms with Crippen LogP contribution in [0.1, 0.15) is 37.9 Å². The Hall–Kier alpha value is -2.19. The van der Waals surface area contributed by atoms with Crippen LogP contribution in [0.2, 0.25) is 0 Å². The highest BCUT2D eigenvalue weighted by Crippen LogP contribution is 2.30. The molecule has 2 aromatic rings. The Kier molecular flexibility index (Phi) is 5.77. The molecule has 0 radical (unpaired) electrons. The molecule has 0 fully saturated rings.